The van der Waals surface area contributed by atoms with E-state index in [2.05, 4.69) is 26.3 Å². The fourth-order valence-electron chi connectivity index (χ4n) is 5.63. The first-order valence-corrected chi connectivity index (χ1v) is 11.0. The second-order valence-corrected chi connectivity index (χ2v) is 8.95. The summed E-state index contributed by atoms with van der Waals surface area (Å²) in [5, 5.41) is 18.6. The number of rotatable bonds is 4. The molecule has 3 aliphatic rings. The largest absolute Gasteiger partial charge is 0.481 e. The summed E-state index contributed by atoms with van der Waals surface area (Å²) in [5.74, 6) is 2.22. The van der Waals surface area contributed by atoms with E-state index in [1.165, 1.54) is 6.07 Å². The van der Waals surface area contributed by atoms with Gasteiger partial charge in [-0.05, 0) is 49.7 Å². The molecule has 4 aromatic heterocycles. The van der Waals surface area contributed by atoms with E-state index in [4.69, 9.17) is 11.4 Å². The van der Waals surface area contributed by atoms with Crippen molar-refractivity contribution in [1.29, 1.82) is 0 Å². The summed E-state index contributed by atoms with van der Waals surface area (Å²) >= 11 is 0. The highest BCUT2D eigenvalue weighted by molar-refractivity contribution is 5.92. The number of carbonyl (C=O) groups is 1. The summed E-state index contributed by atoms with van der Waals surface area (Å²) in [6.07, 6.45) is 14.1. The minimum absolute atomic E-state index is 0.165. The first kappa shape index (κ1) is 19.7. The Bertz CT molecular complexity index is 1440. The van der Waals surface area contributed by atoms with E-state index < -0.39 is 17.7 Å². The van der Waals surface area contributed by atoms with Gasteiger partial charge >= 0.3 is 5.97 Å². The van der Waals surface area contributed by atoms with Crippen molar-refractivity contribution in [3.05, 3.63) is 42.1 Å². The van der Waals surface area contributed by atoms with Gasteiger partial charge in [-0.25, -0.2) is 18.9 Å². The Kier molecular flexibility index (Phi) is 4.37. The lowest BCUT2D eigenvalue weighted by Gasteiger charge is -2.47. The number of pyridine rings is 1. The third kappa shape index (κ3) is 3.13. The molecule has 0 radical (unpaired) electrons. The van der Waals surface area contributed by atoms with Crippen molar-refractivity contribution in [3.8, 4) is 23.7 Å². The van der Waals surface area contributed by atoms with E-state index in [-0.39, 0.29) is 17.9 Å². The summed E-state index contributed by atoms with van der Waals surface area (Å²) in [7, 11) is 0. The summed E-state index contributed by atoms with van der Waals surface area (Å²) in [5.41, 5.74) is 2.42. The first-order chi connectivity index (χ1) is 16.0. The molecular weight excluding hydrogens is 423 g/mol. The molecule has 0 aromatic carbocycles. The van der Waals surface area contributed by atoms with E-state index in [1.54, 1.807) is 23.0 Å². The molecule has 9 heteroatoms. The van der Waals surface area contributed by atoms with Crippen LogP contribution < -0.4 is 5.32 Å². The number of hydrogen-bond acceptors (Lipinski definition) is 5. The molecule has 2 bridgehead atoms. The number of nitrogens with one attached hydrogen (secondary N) is 2. The molecule has 0 amide bonds. The molecule has 33 heavy (non-hydrogen) atoms. The smallest absolute Gasteiger partial charge is 0.308 e. The van der Waals surface area contributed by atoms with Gasteiger partial charge in [0.15, 0.2) is 11.6 Å². The molecule has 0 spiro atoms. The van der Waals surface area contributed by atoms with Gasteiger partial charge in [-0.15, -0.1) is 11.5 Å². The molecule has 2 atom stereocenters. The minimum atomic E-state index is -0.773. The van der Waals surface area contributed by atoms with Gasteiger partial charge in [0.25, 0.3) is 0 Å². The van der Waals surface area contributed by atoms with Crippen molar-refractivity contribution >= 4 is 28.3 Å². The molecule has 4 aromatic rings. The Morgan fingerprint density at radius 2 is 2.06 bits per heavy atom. The lowest BCUT2D eigenvalue weighted by Crippen LogP contribution is -2.51. The van der Waals surface area contributed by atoms with Crippen molar-refractivity contribution in [1.82, 2.24) is 24.6 Å². The molecule has 8 nitrogen and oxygen atoms in total. The summed E-state index contributed by atoms with van der Waals surface area (Å²) in [4.78, 5) is 24.0. The highest BCUT2D eigenvalue weighted by Gasteiger charge is 2.47. The van der Waals surface area contributed by atoms with E-state index in [0.29, 0.717) is 39.3 Å². The minimum Gasteiger partial charge on any atom is -0.481 e. The van der Waals surface area contributed by atoms with Crippen molar-refractivity contribution in [3.63, 3.8) is 0 Å². The van der Waals surface area contributed by atoms with Crippen LogP contribution in [0.3, 0.4) is 0 Å². The fraction of sp³-hybridized carbons (Fsp3) is 0.333. The SMILES string of the molecule is C#Cc1cc2c(N[C@@H]3C4CCC(CC4)[C@H]3C(=O)O)nc(-c3c[nH]c4ncc(F)cc34)nn2c1. The molecule has 3 N–H and O–H groups in total. The topological polar surface area (TPSA) is 108 Å². The third-order valence-corrected chi connectivity index (χ3v) is 7.18. The zero-order valence-corrected chi connectivity index (χ0v) is 17.6. The van der Waals surface area contributed by atoms with Crippen LogP contribution in [0.4, 0.5) is 10.2 Å². The molecule has 3 fully saturated rings. The molecule has 7 rings (SSSR count). The Labute approximate surface area is 188 Å². The van der Waals surface area contributed by atoms with Crippen molar-refractivity contribution in [2.45, 2.75) is 31.7 Å². The molecular formula is C24H21FN6O2. The summed E-state index contributed by atoms with van der Waals surface area (Å²) in [6, 6.07) is 2.96. The highest BCUT2D eigenvalue weighted by Crippen LogP contribution is 2.46. The summed E-state index contributed by atoms with van der Waals surface area (Å²) < 4.78 is 15.5. The third-order valence-electron chi connectivity index (χ3n) is 7.18. The van der Waals surface area contributed by atoms with Gasteiger partial charge in [0.1, 0.15) is 17.0 Å². The van der Waals surface area contributed by atoms with E-state index in [9.17, 15) is 14.3 Å². The number of H-pyrrole nitrogens is 1. The maximum Gasteiger partial charge on any atom is 0.308 e. The maximum atomic E-state index is 13.9. The van der Waals surface area contributed by atoms with Gasteiger partial charge in [0.05, 0.1) is 12.1 Å². The lowest BCUT2D eigenvalue weighted by atomic mass is 9.61. The quantitative estimate of drug-likeness (QED) is 0.414. The molecule has 0 saturated heterocycles. The van der Waals surface area contributed by atoms with Crippen LogP contribution in [-0.2, 0) is 4.79 Å². The molecule has 0 aliphatic heterocycles. The van der Waals surface area contributed by atoms with E-state index >= 15 is 0 Å². The number of aliphatic carboxylic acids is 1. The molecule has 0 unspecified atom stereocenters. The van der Waals surface area contributed by atoms with E-state index in [1.807, 2.05) is 0 Å². The number of hydrogen-bond donors (Lipinski definition) is 3. The number of carboxylic acids is 1. The van der Waals surface area contributed by atoms with Gasteiger partial charge in [-0.2, -0.15) is 0 Å². The maximum absolute atomic E-state index is 13.9. The van der Waals surface area contributed by atoms with Crippen LogP contribution >= 0.6 is 0 Å². The number of terminal acetylenes is 1. The lowest BCUT2D eigenvalue weighted by molar-refractivity contribution is -0.148. The number of nitrogens with zero attached hydrogens (tertiary/aromatic N) is 4. The van der Waals surface area contributed by atoms with Crippen LogP contribution in [0.2, 0.25) is 0 Å². The Hall–Kier alpha value is -3.93. The molecule has 166 valence electrons. The van der Waals surface area contributed by atoms with Crippen molar-refractivity contribution < 1.29 is 14.3 Å². The number of fused-ring (bicyclic) bond motifs is 5. The van der Waals surface area contributed by atoms with Crippen LogP contribution in [0.5, 0.6) is 0 Å². The van der Waals surface area contributed by atoms with Gasteiger partial charge in [-0.1, -0.05) is 5.92 Å². The van der Waals surface area contributed by atoms with Crippen LogP contribution in [0.1, 0.15) is 31.2 Å². The van der Waals surface area contributed by atoms with Crippen LogP contribution in [0, 0.1) is 35.9 Å². The van der Waals surface area contributed by atoms with Crippen LogP contribution in [0.15, 0.2) is 30.7 Å². The average molecular weight is 444 g/mol. The molecule has 3 aliphatic carbocycles. The Morgan fingerprint density at radius 3 is 2.82 bits per heavy atom. The van der Waals surface area contributed by atoms with E-state index in [0.717, 1.165) is 31.9 Å². The van der Waals surface area contributed by atoms with Crippen LogP contribution in [0.25, 0.3) is 27.9 Å². The van der Waals surface area contributed by atoms with Gasteiger partial charge in [-0.3, -0.25) is 4.79 Å². The zero-order valence-electron chi connectivity index (χ0n) is 17.6. The first-order valence-electron chi connectivity index (χ1n) is 11.0. The second-order valence-electron chi connectivity index (χ2n) is 8.95. The second kappa shape index (κ2) is 7.30. The van der Waals surface area contributed by atoms with Gasteiger partial charge < -0.3 is 15.4 Å². The average Bonchev–Trinajstić information content (AvgIpc) is 3.43. The number of aromatic nitrogens is 5. The Morgan fingerprint density at radius 1 is 1.27 bits per heavy atom. The molecule has 3 saturated carbocycles. The number of halogens is 1. The number of anilines is 1. The number of carboxylic acid groups (broad SMARTS) is 1. The van der Waals surface area contributed by atoms with Gasteiger partial charge in [0, 0.05) is 34.9 Å². The Balaban J connectivity index is 1.50. The predicted molar refractivity (Wildman–Crippen MR) is 120 cm³/mol. The zero-order chi connectivity index (χ0) is 22.7. The van der Waals surface area contributed by atoms with Crippen molar-refractivity contribution in [2.24, 2.45) is 17.8 Å². The monoisotopic (exact) mass is 444 g/mol. The normalized spacial score (nSPS) is 24.2. The fourth-order valence-corrected chi connectivity index (χ4v) is 5.63. The highest BCUT2D eigenvalue weighted by atomic mass is 19.1. The van der Waals surface area contributed by atoms with Crippen LogP contribution in [-0.4, -0.2) is 41.7 Å². The van der Waals surface area contributed by atoms with Gasteiger partial charge in [0.2, 0.25) is 0 Å². The molecule has 4 heterocycles. The van der Waals surface area contributed by atoms with Crippen molar-refractivity contribution in [2.75, 3.05) is 5.32 Å². The summed E-state index contributed by atoms with van der Waals surface area (Å²) in [6.45, 7) is 0. The number of aromatic amines is 1. The standard InChI is InChI=1S/C24H21FN6O2/c1-2-12-7-18-23(28-20-14-5-3-13(4-6-14)19(20)24(32)33)29-22(30-31(18)11-12)17-10-27-21-16(17)8-15(25)9-26-21/h1,7-11,13-14,19-20H,3-6H2,(H,26,27)(H,32,33)(H,28,29,30)/t13?,14?,19-,20-/m1/s1. The predicted octanol–water partition coefficient (Wildman–Crippen LogP) is 3.69.